The lowest BCUT2D eigenvalue weighted by molar-refractivity contribution is -0.117. The molecule has 1 fully saturated rings. The van der Waals surface area contributed by atoms with E-state index in [-0.39, 0.29) is 11.8 Å². The number of nitrogens with zero attached hydrogens (tertiary/aromatic N) is 4. The van der Waals surface area contributed by atoms with Crippen molar-refractivity contribution in [3.05, 3.63) is 81.1 Å². The molecule has 184 valence electrons. The van der Waals surface area contributed by atoms with Crippen molar-refractivity contribution in [3.63, 3.8) is 0 Å². The van der Waals surface area contributed by atoms with E-state index < -0.39 is 0 Å². The lowest BCUT2D eigenvalue weighted by Gasteiger charge is -2.34. The normalized spacial score (nSPS) is 14.3. The van der Waals surface area contributed by atoms with Crippen LogP contribution in [-0.4, -0.2) is 64.1 Å². The molecule has 2 aromatic carbocycles. The van der Waals surface area contributed by atoms with Gasteiger partial charge in [-0.3, -0.25) is 19.2 Å². The number of amides is 2. The second-order valence-corrected chi connectivity index (χ2v) is 9.59. The number of carbonyl (C=O) groups excluding carboxylic acids is 2. The van der Waals surface area contributed by atoms with Gasteiger partial charge in [0.05, 0.1) is 24.3 Å². The third-order valence-electron chi connectivity index (χ3n) is 6.65. The van der Waals surface area contributed by atoms with Gasteiger partial charge in [0, 0.05) is 42.6 Å². The van der Waals surface area contributed by atoms with Crippen molar-refractivity contribution in [2.45, 2.75) is 34.2 Å². The number of aromatic nitrogens is 2. The first-order valence-corrected chi connectivity index (χ1v) is 12.3. The molecule has 1 aliphatic heterocycles. The predicted molar refractivity (Wildman–Crippen MR) is 139 cm³/mol. The fourth-order valence-electron chi connectivity index (χ4n) is 4.61. The SMILES string of the molecule is Cc1cccc(C)c1NC(=O)CN1CCN(C(=O)c2c(C)nn(Cc3ccccc3Cl)c2C)CC1. The Kier molecular flexibility index (Phi) is 7.57. The smallest absolute Gasteiger partial charge is 0.257 e. The first kappa shape index (κ1) is 24.9. The van der Waals surface area contributed by atoms with Gasteiger partial charge < -0.3 is 10.2 Å². The first-order valence-electron chi connectivity index (χ1n) is 11.9. The summed E-state index contributed by atoms with van der Waals surface area (Å²) < 4.78 is 1.85. The van der Waals surface area contributed by atoms with Crippen LogP contribution in [0.15, 0.2) is 42.5 Å². The van der Waals surface area contributed by atoms with Gasteiger partial charge in [-0.15, -0.1) is 0 Å². The minimum atomic E-state index is -0.0327. The van der Waals surface area contributed by atoms with Crippen LogP contribution in [0, 0.1) is 27.7 Å². The quantitative estimate of drug-likeness (QED) is 0.558. The summed E-state index contributed by atoms with van der Waals surface area (Å²) >= 11 is 6.32. The zero-order chi connectivity index (χ0) is 25.1. The molecule has 3 aromatic rings. The zero-order valence-corrected chi connectivity index (χ0v) is 21.5. The number of benzene rings is 2. The molecule has 0 radical (unpaired) electrons. The van der Waals surface area contributed by atoms with E-state index in [4.69, 9.17) is 11.6 Å². The Labute approximate surface area is 211 Å². The monoisotopic (exact) mass is 493 g/mol. The van der Waals surface area contributed by atoms with Crippen molar-refractivity contribution in [1.29, 1.82) is 0 Å². The molecular formula is C27H32ClN5O2. The van der Waals surface area contributed by atoms with Crippen LogP contribution in [0.1, 0.15) is 38.4 Å². The average Bonchev–Trinajstić information content (AvgIpc) is 3.10. The number of para-hydroxylation sites is 1. The van der Waals surface area contributed by atoms with Gasteiger partial charge in [-0.25, -0.2) is 0 Å². The second kappa shape index (κ2) is 10.6. The Morgan fingerprint density at radius 3 is 2.26 bits per heavy atom. The predicted octanol–water partition coefficient (Wildman–Crippen LogP) is 4.21. The van der Waals surface area contributed by atoms with Crippen LogP contribution in [-0.2, 0) is 11.3 Å². The van der Waals surface area contributed by atoms with Gasteiger partial charge in [-0.05, 0) is 50.5 Å². The Bertz CT molecular complexity index is 1220. The molecule has 1 aromatic heterocycles. The van der Waals surface area contributed by atoms with Crippen LogP contribution >= 0.6 is 11.6 Å². The Morgan fingerprint density at radius 1 is 0.943 bits per heavy atom. The minimum absolute atomic E-state index is 0.00922. The lowest BCUT2D eigenvalue weighted by atomic mass is 10.1. The number of aryl methyl sites for hydroxylation is 3. The zero-order valence-electron chi connectivity index (χ0n) is 20.8. The molecule has 7 nitrogen and oxygen atoms in total. The van der Waals surface area contributed by atoms with Gasteiger partial charge in [-0.1, -0.05) is 48.0 Å². The summed E-state index contributed by atoms with van der Waals surface area (Å²) in [5.41, 5.74) is 6.15. The number of nitrogens with one attached hydrogen (secondary N) is 1. The highest BCUT2D eigenvalue weighted by Gasteiger charge is 2.27. The molecule has 0 spiro atoms. The number of carbonyl (C=O) groups is 2. The largest absolute Gasteiger partial charge is 0.336 e. The Hall–Kier alpha value is -3.16. The van der Waals surface area contributed by atoms with Gasteiger partial charge in [-0.2, -0.15) is 5.10 Å². The number of hydrogen-bond acceptors (Lipinski definition) is 4. The number of anilines is 1. The van der Waals surface area contributed by atoms with E-state index in [1.54, 1.807) is 0 Å². The van der Waals surface area contributed by atoms with E-state index in [1.165, 1.54) is 0 Å². The standard InChI is InChI=1S/C27H32ClN5O2/c1-18-8-7-9-19(2)26(18)29-24(34)17-31-12-14-32(15-13-31)27(35)25-20(3)30-33(21(25)4)16-22-10-5-6-11-23(22)28/h5-11H,12-17H2,1-4H3,(H,29,34). The summed E-state index contributed by atoms with van der Waals surface area (Å²) in [4.78, 5) is 30.0. The molecule has 2 heterocycles. The summed E-state index contributed by atoms with van der Waals surface area (Å²) in [6, 6.07) is 13.6. The van der Waals surface area contributed by atoms with E-state index in [0.717, 1.165) is 33.8 Å². The molecule has 0 aliphatic carbocycles. The number of piperazine rings is 1. The molecule has 0 unspecified atom stereocenters. The average molecular weight is 494 g/mol. The fraction of sp³-hybridized carbons (Fsp3) is 0.370. The molecule has 35 heavy (non-hydrogen) atoms. The summed E-state index contributed by atoms with van der Waals surface area (Å²) in [7, 11) is 0. The highest BCUT2D eigenvalue weighted by atomic mass is 35.5. The van der Waals surface area contributed by atoms with E-state index in [1.807, 2.05) is 79.7 Å². The van der Waals surface area contributed by atoms with E-state index >= 15 is 0 Å². The third-order valence-corrected chi connectivity index (χ3v) is 7.01. The molecular weight excluding hydrogens is 462 g/mol. The molecule has 0 saturated carbocycles. The van der Waals surface area contributed by atoms with Crippen molar-refractivity contribution in [1.82, 2.24) is 19.6 Å². The molecule has 1 N–H and O–H groups in total. The van der Waals surface area contributed by atoms with Gasteiger partial charge in [0.1, 0.15) is 0 Å². The maximum atomic E-state index is 13.4. The van der Waals surface area contributed by atoms with Gasteiger partial charge >= 0.3 is 0 Å². The van der Waals surface area contributed by atoms with Crippen LogP contribution < -0.4 is 5.32 Å². The molecule has 8 heteroatoms. The van der Waals surface area contributed by atoms with Crippen LogP contribution in [0.3, 0.4) is 0 Å². The molecule has 1 aliphatic rings. The maximum absolute atomic E-state index is 13.4. The number of rotatable bonds is 6. The summed E-state index contributed by atoms with van der Waals surface area (Å²) in [5, 5.41) is 8.35. The second-order valence-electron chi connectivity index (χ2n) is 9.18. The minimum Gasteiger partial charge on any atom is -0.336 e. The van der Waals surface area contributed by atoms with Crippen molar-refractivity contribution in [2.75, 3.05) is 38.0 Å². The number of hydrogen-bond donors (Lipinski definition) is 1. The Morgan fingerprint density at radius 2 is 1.60 bits per heavy atom. The maximum Gasteiger partial charge on any atom is 0.257 e. The van der Waals surface area contributed by atoms with E-state index in [0.29, 0.717) is 49.9 Å². The van der Waals surface area contributed by atoms with Crippen LogP contribution in [0.25, 0.3) is 0 Å². The van der Waals surface area contributed by atoms with E-state index in [2.05, 4.69) is 15.3 Å². The lowest BCUT2D eigenvalue weighted by Crippen LogP contribution is -2.50. The van der Waals surface area contributed by atoms with Crippen LogP contribution in [0.5, 0.6) is 0 Å². The van der Waals surface area contributed by atoms with Crippen molar-refractivity contribution < 1.29 is 9.59 Å². The Balaban J connectivity index is 1.36. The highest BCUT2D eigenvalue weighted by Crippen LogP contribution is 2.22. The van der Waals surface area contributed by atoms with Crippen molar-refractivity contribution >= 4 is 29.1 Å². The van der Waals surface area contributed by atoms with Gasteiger partial charge in [0.25, 0.3) is 5.91 Å². The topological polar surface area (TPSA) is 70.5 Å². The molecule has 2 amide bonds. The first-order chi connectivity index (χ1) is 16.7. The van der Waals surface area contributed by atoms with Crippen molar-refractivity contribution in [3.8, 4) is 0 Å². The molecule has 4 rings (SSSR count). The molecule has 1 saturated heterocycles. The van der Waals surface area contributed by atoms with E-state index in [9.17, 15) is 9.59 Å². The van der Waals surface area contributed by atoms with Crippen LogP contribution in [0.2, 0.25) is 5.02 Å². The summed E-state index contributed by atoms with van der Waals surface area (Å²) in [6.07, 6.45) is 0. The molecule has 0 atom stereocenters. The third kappa shape index (κ3) is 5.57. The summed E-state index contributed by atoms with van der Waals surface area (Å²) in [6.45, 7) is 11.1. The molecule has 0 bridgehead atoms. The number of halogens is 1. The van der Waals surface area contributed by atoms with Crippen molar-refractivity contribution in [2.24, 2.45) is 0 Å². The summed E-state index contributed by atoms with van der Waals surface area (Å²) in [5.74, 6) is -0.0419. The highest BCUT2D eigenvalue weighted by molar-refractivity contribution is 6.31. The fourth-order valence-corrected chi connectivity index (χ4v) is 4.80. The van der Waals surface area contributed by atoms with Crippen LogP contribution in [0.4, 0.5) is 5.69 Å². The van der Waals surface area contributed by atoms with Gasteiger partial charge in [0.2, 0.25) is 5.91 Å². The van der Waals surface area contributed by atoms with Gasteiger partial charge in [0.15, 0.2) is 0 Å².